The highest BCUT2D eigenvalue weighted by Gasteiger charge is 2.25. The molecule has 2 rings (SSSR count). The summed E-state index contributed by atoms with van der Waals surface area (Å²) in [7, 11) is 1.80. The van der Waals surface area contributed by atoms with E-state index in [1.807, 2.05) is 12.3 Å². The molecule has 31 heavy (non-hydrogen) atoms. The quantitative estimate of drug-likeness (QED) is 0.181. The lowest BCUT2D eigenvalue weighted by molar-refractivity contribution is -0.122. The van der Waals surface area contributed by atoms with Crippen molar-refractivity contribution in [1.82, 2.24) is 15.6 Å². The van der Waals surface area contributed by atoms with Gasteiger partial charge in [0.2, 0.25) is 5.91 Å². The maximum absolute atomic E-state index is 11.4. The second kappa shape index (κ2) is 13.8. The molecule has 4 N–H and O–H groups in total. The number of guanidine groups is 1. The second-order valence-corrected chi connectivity index (χ2v) is 9.05. The average Bonchev–Trinajstić information content (AvgIpc) is 2.74. The molecule has 8 heteroatoms. The molecular weight excluding hydrogens is 503 g/mol. The van der Waals surface area contributed by atoms with Gasteiger partial charge < -0.3 is 21.3 Å². The maximum Gasteiger partial charge on any atom is 0.220 e. The van der Waals surface area contributed by atoms with Gasteiger partial charge in [0.15, 0.2) is 5.96 Å². The Morgan fingerprint density at radius 1 is 1.29 bits per heavy atom. The first-order valence-corrected chi connectivity index (χ1v) is 11.3. The van der Waals surface area contributed by atoms with Gasteiger partial charge in [-0.25, -0.2) is 4.98 Å². The van der Waals surface area contributed by atoms with E-state index >= 15 is 0 Å². The van der Waals surface area contributed by atoms with Crippen molar-refractivity contribution in [3.63, 3.8) is 0 Å². The summed E-state index contributed by atoms with van der Waals surface area (Å²) in [5.74, 6) is 1.57. The summed E-state index contributed by atoms with van der Waals surface area (Å²) < 4.78 is 0. The van der Waals surface area contributed by atoms with Gasteiger partial charge in [0.05, 0.1) is 0 Å². The van der Waals surface area contributed by atoms with E-state index in [1.165, 1.54) is 25.7 Å². The van der Waals surface area contributed by atoms with Crippen LogP contribution >= 0.6 is 24.0 Å². The lowest BCUT2D eigenvalue weighted by Crippen LogP contribution is -2.42. The number of amides is 1. The molecule has 0 saturated carbocycles. The van der Waals surface area contributed by atoms with Gasteiger partial charge in [-0.15, -0.1) is 24.0 Å². The first kappa shape index (κ1) is 27.5. The van der Waals surface area contributed by atoms with Crippen molar-refractivity contribution < 1.29 is 4.79 Å². The minimum atomic E-state index is -0.190. The van der Waals surface area contributed by atoms with Crippen LogP contribution in [-0.2, 0) is 11.3 Å². The number of hydrogen-bond acceptors (Lipinski definition) is 4. The summed E-state index contributed by atoms with van der Waals surface area (Å²) in [4.78, 5) is 22.7. The Kier molecular flexibility index (Phi) is 12.2. The van der Waals surface area contributed by atoms with E-state index in [1.54, 1.807) is 7.05 Å². The highest BCUT2D eigenvalue weighted by atomic mass is 127. The molecule has 1 aliphatic heterocycles. The standard InChI is InChI=1S/C23H40N6O.HI/c1-5-6-7-12-23(2,3)17-28-22(25-4)27-16-19-9-8-13-26-21(19)29-14-10-18(11-15-29)20(24)30;/h8-9,13,18H,5-7,10-12,14-17H2,1-4H3,(H2,24,30)(H2,25,27,28);1H. The minimum absolute atomic E-state index is 0. The zero-order chi connectivity index (χ0) is 22.0. The Hall–Kier alpha value is -1.58. The SMILES string of the molecule is CCCCCC(C)(C)CNC(=NC)NCc1cccnc1N1CCC(C(N)=O)CC1.I. The van der Waals surface area contributed by atoms with Gasteiger partial charge in [0.1, 0.15) is 5.82 Å². The number of primary amides is 1. The molecule has 2 heterocycles. The lowest BCUT2D eigenvalue weighted by atomic mass is 9.87. The molecule has 1 amide bonds. The van der Waals surface area contributed by atoms with Gasteiger partial charge in [-0.3, -0.25) is 9.79 Å². The van der Waals surface area contributed by atoms with E-state index in [9.17, 15) is 4.79 Å². The molecular formula is C23H41IN6O. The summed E-state index contributed by atoms with van der Waals surface area (Å²) in [6.45, 7) is 9.98. The number of aromatic nitrogens is 1. The molecule has 1 aromatic heterocycles. The number of anilines is 1. The van der Waals surface area contributed by atoms with Crippen LogP contribution < -0.4 is 21.3 Å². The lowest BCUT2D eigenvalue weighted by Gasteiger charge is -2.32. The summed E-state index contributed by atoms with van der Waals surface area (Å²) in [6, 6.07) is 4.06. The predicted octanol–water partition coefficient (Wildman–Crippen LogP) is 3.67. The third kappa shape index (κ3) is 9.21. The average molecular weight is 545 g/mol. The highest BCUT2D eigenvalue weighted by molar-refractivity contribution is 14.0. The Bertz CT molecular complexity index is 701. The number of aliphatic imine (C=N–C) groups is 1. The van der Waals surface area contributed by atoms with Gasteiger partial charge in [-0.2, -0.15) is 0 Å². The molecule has 0 aromatic carbocycles. The van der Waals surface area contributed by atoms with Gasteiger partial charge in [0, 0.05) is 50.9 Å². The van der Waals surface area contributed by atoms with E-state index in [0.29, 0.717) is 6.54 Å². The van der Waals surface area contributed by atoms with Crippen molar-refractivity contribution in [3.05, 3.63) is 23.9 Å². The zero-order valence-electron chi connectivity index (χ0n) is 19.6. The fourth-order valence-corrected chi connectivity index (χ4v) is 3.89. The van der Waals surface area contributed by atoms with E-state index < -0.39 is 0 Å². The van der Waals surface area contributed by atoms with Crippen molar-refractivity contribution in [3.8, 4) is 0 Å². The van der Waals surface area contributed by atoms with Crippen LogP contribution in [0.2, 0.25) is 0 Å². The van der Waals surface area contributed by atoms with Crippen LogP contribution in [0, 0.1) is 11.3 Å². The minimum Gasteiger partial charge on any atom is -0.369 e. The van der Waals surface area contributed by atoms with E-state index in [0.717, 1.165) is 49.8 Å². The molecule has 1 aliphatic rings. The van der Waals surface area contributed by atoms with Crippen molar-refractivity contribution in [2.45, 2.75) is 65.8 Å². The van der Waals surface area contributed by atoms with Crippen LogP contribution in [0.25, 0.3) is 0 Å². The summed E-state index contributed by atoms with van der Waals surface area (Å²) in [5.41, 5.74) is 6.83. The fraction of sp³-hybridized carbons (Fsp3) is 0.696. The molecule has 0 atom stereocenters. The number of halogens is 1. The number of unbranched alkanes of at least 4 members (excludes halogenated alkanes) is 2. The number of piperidine rings is 1. The van der Waals surface area contributed by atoms with E-state index in [4.69, 9.17) is 5.73 Å². The van der Waals surface area contributed by atoms with Crippen molar-refractivity contribution in [1.29, 1.82) is 0 Å². The number of hydrogen-bond donors (Lipinski definition) is 3. The Morgan fingerprint density at radius 2 is 2.00 bits per heavy atom. The van der Waals surface area contributed by atoms with Gasteiger partial charge in [-0.1, -0.05) is 46.1 Å². The largest absolute Gasteiger partial charge is 0.369 e. The normalized spacial score (nSPS) is 15.4. The number of rotatable bonds is 10. The first-order valence-electron chi connectivity index (χ1n) is 11.3. The molecule has 0 bridgehead atoms. The zero-order valence-corrected chi connectivity index (χ0v) is 21.9. The van der Waals surface area contributed by atoms with Crippen LogP contribution in [0.4, 0.5) is 5.82 Å². The molecule has 0 aliphatic carbocycles. The van der Waals surface area contributed by atoms with Crippen LogP contribution in [0.1, 0.15) is 64.9 Å². The van der Waals surface area contributed by atoms with Crippen molar-refractivity contribution in [2.24, 2.45) is 22.1 Å². The summed E-state index contributed by atoms with van der Waals surface area (Å²) in [6.07, 6.45) is 8.41. The van der Waals surface area contributed by atoms with E-state index in [-0.39, 0.29) is 41.2 Å². The number of nitrogens with one attached hydrogen (secondary N) is 2. The van der Waals surface area contributed by atoms with E-state index in [2.05, 4.69) is 52.3 Å². The van der Waals surface area contributed by atoms with Crippen LogP contribution in [0.3, 0.4) is 0 Å². The highest BCUT2D eigenvalue weighted by Crippen LogP contribution is 2.25. The van der Waals surface area contributed by atoms with Crippen molar-refractivity contribution >= 4 is 41.7 Å². The second-order valence-electron chi connectivity index (χ2n) is 9.05. The van der Waals surface area contributed by atoms with Gasteiger partial charge in [0.25, 0.3) is 0 Å². The van der Waals surface area contributed by atoms with Crippen LogP contribution in [-0.4, -0.2) is 43.5 Å². The van der Waals surface area contributed by atoms with Gasteiger partial charge >= 0.3 is 0 Å². The molecule has 0 spiro atoms. The number of nitrogens with two attached hydrogens (primary N) is 1. The topological polar surface area (TPSA) is 95.6 Å². The molecule has 1 fully saturated rings. The number of nitrogens with zero attached hydrogens (tertiary/aromatic N) is 3. The number of carbonyl (C=O) groups excluding carboxylic acids is 1. The smallest absolute Gasteiger partial charge is 0.220 e. The molecule has 1 saturated heterocycles. The summed E-state index contributed by atoms with van der Waals surface area (Å²) >= 11 is 0. The van der Waals surface area contributed by atoms with Crippen molar-refractivity contribution in [2.75, 3.05) is 31.6 Å². The van der Waals surface area contributed by atoms with Gasteiger partial charge in [-0.05, 0) is 30.7 Å². The number of carbonyl (C=O) groups is 1. The monoisotopic (exact) mass is 544 g/mol. The van der Waals surface area contributed by atoms with Crippen LogP contribution in [0.15, 0.2) is 23.3 Å². The Labute approximate surface area is 205 Å². The van der Waals surface area contributed by atoms with Crippen LogP contribution in [0.5, 0.6) is 0 Å². The Morgan fingerprint density at radius 3 is 2.61 bits per heavy atom. The Balaban J connectivity index is 0.00000480. The molecule has 176 valence electrons. The maximum atomic E-state index is 11.4. The molecule has 0 radical (unpaired) electrons. The molecule has 7 nitrogen and oxygen atoms in total. The third-order valence-corrected chi connectivity index (χ3v) is 5.93. The fourth-order valence-electron chi connectivity index (χ4n) is 3.89. The first-order chi connectivity index (χ1) is 14.4. The predicted molar refractivity (Wildman–Crippen MR) is 140 cm³/mol. The third-order valence-electron chi connectivity index (χ3n) is 5.93. The summed E-state index contributed by atoms with van der Waals surface area (Å²) in [5, 5.41) is 6.91. The molecule has 0 unspecified atom stereocenters. The molecule has 1 aromatic rings. The number of pyridine rings is 1.